The molecule has 0 heterocycles. The molecule has 0 aliphatic rings. The third kappa shape index (κ3) is 6.19. The number of anilines is 1. The number of rotatable bonds is 10. The van der Waals surface area contributed by atoms with Crippen molar-refractivity contribution in [1.82, 2.24) is 0 Å². The van der Waals surface area contributed by atoms with Crippen LogP contribution in [-0.2, 0) is 9.53 Å². The molecule has 7 heteroatoms. The van der Waals surface area contributed by atoms with E-state index < -0.39 is 18.5 Å². The first-order valence-electron chi connectivity index (χ1n) is 9.16. The van der Waals surface area contributed by atoms with Crippen LogP contribution >= 0.6 is 0 Å². The van der Waals surface area contributed by atoms with Crippen LogP contribution in [0.3, 0.4) is 0 Å². The summed E-state index contributed by atoms with van der Waals surface area (Å²) >= 11 is 0. The van der Waals surface area contributed by atoms with E-state index in [1.54, 1.807) is 42.5 Å². The number of amides is 1. The van der Waals surface area contributed by atoms with Crippen molar-refractivity contribution in [3.05, 3.63) is 48.0 Å². The van der Waals surface area contributed by atoms with Crippen molar-refractivity contribution in [2.24, 2.45) is 0 Å². The summed E-state index contributed by atoms with van der Waals surface area (Å²) < 4.78 is 21.4. The van der Waals surface area contributed by atoms with Crippen molar-refractivity contribution in [3.63, 3.8) is 0 Å². The SMILES string of the molecule is CCOc1ccc(NC(=O)COC(=O)c2ccc(OCC)c(OCC)c2)cc1. The van der Waals surface area contributed by atoms with Gasteiger partial charge in [0.05, 0.1) is 25.4 Å². The number of carbonyl (C=O) groups is 2. The summed E-state index contributed by atoms with van der Waals surface area (Å²) in [7, 11) is 0. The van der Waals surface area contributed by atoms with Crippen LogP contribution in [0.4, 0.5) is 5.69 Å². The Balaban J connectivity index is 1.91. The number of hydrogen-bond acceptors (Lipinski definition) is 6. The van der Waals surface area contributed by atoms with Crippen LogP contribution in [0.1, 0.15) is 31.1 Å². The lowest BCUT2D eigenvalue weighted by molar-refractivity contribution is -0.119. The second-order valence-electron chi connectivity index (χ2n) is 5.61. The maximum Gasteiger partial charge on any atom is 0.338 e. The third-order valence-corrected chi connectivity index (χ3v) is 3.56. The van der Waals surface area contributed by atoms with E-state index >= 15 is 0 Å². The molecular formula is C21H25NO6. The van der Waals surface area contributed by atoms with E-state index in [0.717, 1.165) is 0 Å². The number of nitrogens with one attached hydrogen (secondary N) is 1. The molecule has 0 fully saturated rings. The first-order valence-corrected chi connectivity index (χ1v) is 9.16. The Morgan fingerprint density at radius 2 is 1.46 bits per heavy atom. The fourth-order valence-electron chi connectivity index (χ4n) is 2.39. The molecule has 1 amide bonds. The first kappa shape index (κ1) is 21.1. The molecule has 0 spiro atoms. The lowest BCUT2D eigenvalue weighted by Crippen LogP contribution is -2.21. The summed E-state index contributed by atoms with van der Waals surface area (Å²) in [6, 6.07) is 11.7. The maximum atomic E-state index is 12.2. The predicted octanol–water partition coefficient (Wildman–Crippen LogP) is 3.68. The van der Waals surface area contributed by atoms with E-state index in [2.05, 4.69) is 5.32 Å². The second-order valence-corrected chi connectivity index (χ2v) is 5.61. The van der Waals surface area contributed by atoms with Crippen molar-refractivity contribution < 1.29 is 28.5 Å². The van der Waals surface area contributed by atoms with Gasteiger partial charge in [-0.3, -0.25) is 4.79 Å². The maximum absolute atomic E-state index is 12.2. The van der Waals surface area contributed by atoms with Gasteiger partial charge in [-0.2, -0.15) is 0 Å². The summed E-state index contributed by atoms with van der Waals surface area (Å²) in [4.78, 5) is 24.2. The zero-order chi connectivity index (χ0) is 20.4. The van der Waals surface area contributed by atoms with E-state index in [1.807, 2.05) is 20.8 Å². The van der Waals surface area contributed by atoms with Gasteiger partial charge < -0.3 is 24.3 Å². The molecule has 0 atom stereocenters. The highest BCUT2D eigenvalue weighted by molar-refractivity contribution is 5.95. The molecule has 0 aromatic heterocycles. The molecule has 0 saturated heterocycles. The second kappa shape index (κ2) is 10.8. The van der Waals surface area contributed by atoms with Crippen LogP contribution in [0.2, 0.25) is 0 Å². The predicted molar refractivity (Wildman–Crippen MR) is 105 cm³/mol. The number of carbonyl (C=O) groups excluding carboxylic acids is 2. The Hall–Kier alpha value is -3.22. The molecule has 150 valence electrons. The minimum Gasteiger partial charge on any atom is -0.494 e. The largest absolute Gasteiger partial charge is 0.494 e. The van der Waals surface area contributed by atoms with Gasteiger partial charge in [0.25, 0.3) is 5.91 Å². The van der Waals surface area contributed by atoms with E-state index in [4.69, 9.17) is 18.9 Å². The Morgan fingerprint density at radius 1 is 0.821 bits per heavy atom. The molecule has 28 heavy (non-hydrogen) atoms. The Labute approximate surface area is 164 Å². The summed E-state index contributed by atoms with van der Waals surface area (Å²) in [6.07, 6.45) is 0. The van der Waals surface area contributed by atoms with E-state index in [0.29, 0.717) is 42.8 Å². The monoisotopic (exact) mass is 387 g/mol. The normalized spacial score (nSPS) is 10.1. The first-order chi connectivity index (χ1) is 13.6. The molecule has 0 bridgehead atoms. The Morgan fingerprint density at radius 3 is 2.11 bits per heavy atom. The standard InChI is InChI=1S/C21H25NO6/c1-4-25-17-10-8-16(9-11-17)22-20(23)14-28-21(24)15-7-12-18(26-5-2)19(13-15)27-6-3/h7-13H,4-6,14H2,1-3H3,(H,22,23). The third-order valence-electron chi connectivity index (χ3n) is 3.56. The Bertz CT molecular complexity index is 788. The summed E-state index contributed by atoms with van der Waals surface area (Å²) in [5.74, 6) is 0.665. The van der Waals surface area contributed by atoms with Crippen molar-refractivity contribution in [1.29, 1.82) is 0 Å². The molecular weight excluding hydrogens is 362 g/mol. The Kier molecular flexibility index (Phi) is 8.14. The molecule has 0 saturated carbocycles. The average Bonchev–Trinajstić information content (AvgIpc) is 2.69. The van der Waals surface area contributed by atoms with Gasteiger partial charge in [-0.15, -0.1) is 0 Å². The molecule has 0 unspecified atom stereocenters. The summed E-state index contributed by atoms with van der Waals surface area (Å²) in [5.41, 5.74) is 0.866. The zero-order valence-corrected chi connectivity index (χ0v) is 16.3. The average molecular weight is 387 g/mol. The molecule has 2 rings (SSSR count). The molecule has 2 aromatic rings. The number of esters is 1. The molecule has 0 radical (unpaired) electrons. The quantitative estimate of drug-likeness (QED) is 0.626. The van der Waals surface area contributed by atoms with Gasteiger partial charge >= 0.3 is 5.97 Å². The fraction of sp³-hybridized carbons (Fsp3) is 0.333. The van der Waals surface area contributed by atoms with Gasteiger partial charge in [-0.05, 0) is 63.2 Å². The fourth-order valence-corrected chi connectivity index (χ4v) is 2.39. The lowest BCUT2D eigenvalue weighted by atomic mass is 10.2. The topological polar surface area (TPSA) is 83.1 Å². The minimum atomic E-state index is -0.620. The van der Waals surface area contributed by atoms with E-state index in [-0.39, 0.29) is 5.56 Å². The van der Waals surface area contributed by atoms with Crippen molar-refractivity contribution >= 4 is 17.6 Å². The van der Waals surface area contributed by atoms with E-state index in [1.165, 1.54) is 0 Å². The van der Waals surface area contributed by atoms with Crippen molar-refractivity contribution in [3.8, 4) is 17.2 Å². The number of ether oxygens (including phenoxy) is 4. The van der Waals surface area contributed by atoms with E-state index in [9.17, 15) is 9.59 Å². The number of hydrogen-bond donors (Lipinski definition) is 1. The molecule has 0 aliphatic carbocycles. The molecule has 0 aliphatic heterocycles. The van der Waals surface area contributed by atoms with Crippen LogP contribution in [0.5, 0.6) is 17.2 Å². The van der Waals surface area contributed by atoms with Crippen molar-refractivity contribution in [2.75, 3.05) is 31.7 Å². The molecule has 2 aromatic carbocycles. The minimum absolute atomic E-state index is 0.278. The van der Waals surface area contributed by atoms with Crippen LogP contribution in [-0.4, -0.2) is 38.3 Å². The molecule has 1 N–H and O–H groups in total. The van der Waals surface area contributed by atoms with Crippen LogP contribution in [0.15, 0.2) is 42.5 Å². The van der Waals surface area contributed by atoms with Crippen molar-refractivity contribution in [2.45, 2.75) is 20.8 Å². The van der Waals surface area contributed by atoms with Crippen LogP contribution < -0.4 is 19.5 Å². The zero-order valence-electron chi connectivity index (χ0n) is 16.3. The van der Waals surface area contributed by atoms with Gasteiger partial charge in [0.1, 0.15) is 5.75 Å². The highest BCUT2D eigenvalue weighted by atomic mass is 16.5. The smallest absolute Gasteiger partial charge is 0.338 e. The highest BCUT2D eigenvalue weighted by Crippen LogP contribution is 2.28. The van der Waals surface area contributed by atoms with Gasteiger partial charge in [-0.1, -0.05) is 0 Å². The summed E-state index contributed by atoms with van der Waals surface area (Å²) in [5, 5.41) is 2.66. The van der Waals surface area contributed by atoms with Gasteiger partial charge in [0.2, 0.25) is 0 Å². The van der Waals surface area contributed by atoms with Gasteiger partial charge in [0, 0.05) is 5.69 Å². The van der Waals surface area contributed by atoms with Gasteiger partial charge in [0.15, 0.2) is 18.1 Å². The van der Waals surface area contributed by atoms with Gasteiger partial charge in [-0.25, -0.2) is 4.79 Å². The lowest BCUT2D eigenvalue weighted by Gasteiger charge is -2.12. The van der Waals surface area contributed by atoms with Crippen LogP contribution in [0.25, 0.3) is 0 Å². The summed E-state index contributed by atoms with van der Waals surface area (Å²) in [6.45, 7) is 6.68. The van der Waals surface area contributed by atoms with Crippen LogP contribution in [0, 0.1) is 0 Å². The highest BCUT2D eigenvalue weighted by Gasteiger charge is 2.14. The number of benzene rings is 2. The molecule has 7 nitrogen and oxygen atoms in total.